The number of nitrogens with one attached hydrogen (secondary N) is 1. The number of carbonyl (C=O) groups is 1. The summed E-state index contributed by atoms with van der Waals surface area (Å²) in [6.07, 6.45) is 6.25. The molecule has 0 spiro atoms. The molecule has 0 radical (unpaired) electrons. The van der Waals surface area contributed by atoms with Gasteiger partial charge in [0.25, 0.3) is 0 Å². The predicted molar refractivity (Wildman–Crippen MR) is 105 cm³/mol. The van der Waals surface area contributed by atoms with E-state index in [4.69, 9.17) is 0 Å². The van der Waals surface area contributed by atoms with Gasteiger partial charge in [-0.1, -0.05) is 30.7 Å². The van der Waals surface area contributed by atoms with E-state index >= 15 is 0 Å². The van der Waals surface area contributed by atoms with Crippen LogP contribution in [0.2, 0.25) is 0 Å². The third-order valence-corrected chi connectivity index (χ3v) is 8.71. The molecule has 1 N–H and O–H groups in total. The molecule has 1 aromatic rings. The second-order valence-corrected chi connectivity index (χ2v) is 10.6. The topological polar surface area (TPSA) is 66.5 Å². The summed E-state index contributed by atoms with van der Waals surface area (Å²) in [5.41, 5.74) is 1.86. The molecule has 3 atom stereocenters. The Labute approximate surface area is 162 Å². The molecule has 1 saturated heterocycles. The van der Waals surface area contributed by atoms with Gasteiger partial charge in [-0.2, -0.15) is 0 Å². The van der Waals surface area contributed by atoms with E-state index in [1.165, 1.54) is 19.3 Å². The fourth-order valence-electron chi connectivity index (χ4n) is 5.18. The summed E-state index contributed by atoms with van der Waals surface area (Å²) in [7, 11) is -3.34. The SMILES string of the molecule is Cc1ccccc1CS(=O)(=O)N1CCC(C(=O)N[C@@H]2C[C@@H]3CC[C@@H]2C3)CC1. The molecule has 0 aromatic heterocycles. The molecule has 1 aliphatic heterocycles. The minimum Gasteiger partial charge on any atom is -0.353 e. The van der Waals surface area contributed by atoms with Crippen molar-refractivity contribution in [2.45, 2.75) is 57.2 Å². The number of aryl methyl sites for hydroxylation is 1. The summed E-state index contributed by atoms with van der Waals surface area (Å²) in [5, 5.41) is 3.27. The molecule has 4 rings (SSSR count). The van der Waals surface area contributed by atoms with Crippen molar-refractivity contribution in [3.8, 4) is 0 Å². The number of piperidine rings is 1. The Hall–Kier alpha value is -1.40. The van der Waals surface area contributed by atoms with E-state index in [1.54, 1.807) is 4.31 Å². The van der Waals surface area contributed by atoms with Gasteiger partial charge in [-0.3, -0.25) is 4.79 Å². The lowest BCUT2D eigenvalue weighted by Gasteiger charge is -2.32. The second-order valence-electron chi connectivity index (χ2n) is 8.65. The lowest BCUT2D eigenvalue weighted by atomic mass is 9.93. The number of hydrogen-bond donors (Lipinski definition) is 1. The van der Waals surface area contributed by atoms with Crippen molar-refractivity contribution < 1.29 is 13.2 Å². The first-order chi connectivity index (χ1) is 12.9. The Morgan fingerprint density at radius 3 is 2.48 bits per heavy atom. The van der Waals surface area contributed by atoms with Crippen molar-refractivity contribution in [3.05, 3.63) is 35.4 Å². The number of carbonyl (C=O) groups excluding carboxylic acids is 1. The number of sulfonamides is 1. The van der Waals surface area contributed by atoms with Gasteiger partial charge in [0, 0.05) is 25.0 Å². The first-order valence-electron chi connectivity index (χ1n) is 10.2. The third-order valence-electron chi connectivity index (χ3n) is 6.88. The van der Waals surface area contributed by atoms with Crippen LogP contribution in [0.1, 0.15) is 49.7 Å². The smallest absolute Gasteiger partial charge is 0.223 e. The first kappa shape index (κ1) is 18.9. The maximum absolute atomic E-state index is 12.8. The van der Waals surface area contributed by atoms with Crippen LogP contribution >= 0.6 is 0 Å². The number of fused-ring (bicyclic) bond motifs is 2. The number of amides is 1. The summed E-state index contributed by atoms with van der Waals surface area (Å²) in [6, 6.07) is 7.98. The molecule has 5 nitrogen and oxygen atoms in total. The normalized spacial score (nSPS) is 29.1. The largest absolute Gasteiger partial charge is 0.353 e. The highest BCUT2D eigenvalue weighted by Crippen LogP contribution is 2.44. The lowest BCUT2D eigenvalue weighted by molar-refractivity contribution is -0.127. The summed E-state index contributed by atoms with van der Waals surface area (Å²) in [5.74, 6) is 1.63. The fourth-order valence-corrected chi connectivity index (χ4v) is 6.84. The fraction of sp³-hybridized carbons (Fsp3) is 0.667. The molecule has 27 heavy (non-hydrogen) atoms. The minimum atomic E-state index is -3.34. The molecular formula is C21H30N2O3S. The van der Waals surface area contributed by atoms with Crippen LogP contribution in [0.25, 0.3) is 0 Å². The zero-order chi connectivity index (χ0) is 19.0. The summed E-state index contributed by atoms with van der Waals surface area (Å²) in [4.78, 5) is 12.6. The van der Waals surface area contributed by atoms with Gasteiger partial charge < -0.3 is 5.32 Å². The van der Waals surface area contributed by atoms with Gasteiger partial charge in [0.05, 0.1) is 5.75 Å². The van der Waals surface area contributed by atoms with Crippen LogP contribution in [0.3, 0.4) is 0 Å². The van der Waals surface area contributed by atoms with Crippen LogP contribution in [-0.4, -0.2) is 37.8 Å². The van der Waals surface area contributed by atoms with Gasteiger partial charge in [0.15, 0.2) is 0 Å². The molecule has 148 valence electrons. The Bertz CT molecular complexity index is 799. The van der Waals surface area contributed by atoms with E-state index < -0.39 is 10.0 Å². The average molecular weight is 391 g/mol. The molecule has 0 unspecified atom stereocenters. The summed E-state index contributed by atoms with van der Waals surface area (Å²) >= 11 is 0. The number of hydrogen-bond acceptors (Lipinski definition) is 3. The van der Waals surface area contributed by atoms with Crippen molar-refractivity contribution in [1.29, 1.82) is 0 Å². The van der Waals surface area contributed by atoms with Gasteiger partial charge in [0.2, 0.25) is 15.9 Å². The van der Waals surface area contributed by atoms with E-state index in [0.717, 1.165) is 23.5 Å². The van der Waals surface area contributed by atoms with Crippen molar-refractivity contribution in [1.82, 2.24) is 9.62 Å². The number of nitrogens with zero attached hydrogens (tertiary/aromatic N) is 1. The molecule has 3 fully saturated rings. The van der Waals surface area contributed by atoms with Gasteiger partial charge in [0.1, 0.15) is 0 Å². The van der Waals surface area contributed by atoms with Gasteiger partial charge in [-0.05, 0) is 62.0 Å². The summed E-state index contributed by atoms with van der Waals surface area (Å²) in [6.45, 7) is 2.84. The standard InChI is InChI=1S/C21H30N2O3S/c1-15-4-2-3-5-19(15)14-27(25,26)23-10-8-17(9-11-23)21(24)22-20-13-16-6-7-18(20)12-16/h2-5,16-18,20H,6-14H2,1H3,(H,22,24)/t16-,18-,20-/m1/s1. The Balaban J connectivity index is 1.30. The molecule has 2 aliphatic carbocycles. The highest BCUT2D eigenvalue weighted by molar-refractivity contribution is 7.88. The van der Waals surface area contributed by atoms with E-state index in [9.17, 15) is 13.2 Å². The van der Waals surface area contributed by atoms with Crippen LogP contribution in [-0.2, 0) is 20.6 Å². The average Bonchev–Trinajstić information content (AvgIpc) is 3.27. The molecule has 1 amide bonds. The Morgan fingerprint density at radius 2 is 1.85 bits per heavy atom. The van der Waals surface area contributed by atoms with Crippen molar-refractivity contribution >= 4 is 15.9 Å². The summed E-state index contributed by atoms with van der Waals surface area (Å²) < 4.78 is 27.1. The third kappa shape index (κ3) is 4.06. The second kappa shape index (κ2) is 7.55. The van der Waals surface area contributed by atoms with E-state index in [2.05, 4.69) is 5.32 Å². The zero-order valence-corrected chi connectivity index (χ0v) is 16.9. The maximum Gasteiger partial charge on any atom is 0.223 e. The van der Waals surface area contributed by atoms with Gasteiger partial charge >= 0.3 is 0 Å². The Morgan fingerprint density at radius 1 is 1.11 bits per heavy atom. The minimum absolute atomic E-state index is 0.0433. The van der Waals surface area contributed by atoms with Gasteiger partial charge in [-0.25, -0.2) is 12.7 Å². The van der Waals surface area contributed by atoms with E-state index in [0.29, 0.717) is 37.9 Å². The van der Waals surface area contributed by atoms with Crippen LogP contribution in [0.4, 0.5) is 0 Å². The predicted octanol–water partition coefficient (Wildman–Crippen LogP) is 2.84. The molecular weight excluding hydrogens is 360 g/mol. The van der Waals surface area contributed by atoms with Crippen molar-refractivity contribution in [2.24, 2.45) is 17.8 Å². The Kier molecular flexibility index (Phi) is 5.30. The van der Waals surface area contributed by atoms with E-state index in [-0.39, 0.29) is 17.6 Å². The van der Waals surface area contributed by atoms with E-state index in [1.807, 2.05) is 31.2 Å². The maximum atomic E-state index is 12.8. The van der Waals surface area contributed by atoms with Gasteiger partial charge in [-0.15, -0.1) is 0 Å². The molecule has 6 heteroatoms. The van der Waals surface area contributed by atoms with Crippen LogP contribution < -0.4 is 5.32 Å². The number of rotatable bonds is 5. The van der Waals surface area contributed by atoms with Crippen LogP contribution in [0, 0.1) is 24.7 Å². The molecule has 1 heterocycles. The van der Waals surface area contributed by atoms with Crippen LogP contribution in [0.5, 0.6) is 0 Å². The van der Waals surface area contributed by atoms with Crippen molar-refractivity contribution in [2.75, 3.05) is 13.1 Å². The highest BCUT2D eigenvalue weighted by Gasteiger charge is 2.41. The molecule has 2 bridgehead atoms. The highest BCUT2D eigenvalue weighted by atomic mass is 32.2. The molecule has 3 aliphatic rings. The van der Waals surface area contributed by atoms with Crippen LogP contribution in [0.15, 0.2) is 24.3 Å². The number of benzene rings is 1. The lowest BCUT2D eigenvalue weighted by Crippen LogP contribution is -2.46. The zero-order valence-electron chi connectivity index (χ0n) is 16.1. The monoisotopic (exact) mass is 390 g/mol. The first-order valence-corrected chi connectivity index (χ1v) is 11.9. The molecule has 1 aromatic carbocycles. The quantitative estimate of drug-likeness (QED) is 0.841. The van der Waals surface area contributed by atoms with Crippen molar-refractivity contribution in [3.63, 3.8) is 0 Å². The molecule has 2 saturated carbocycles.